The predicted molar refractivity (Wildman–Crippen MR) is 118 cm³/mol. The Bertz CT molecular complexity index is 1270. The molecule has 0 saturated carbocycles. The van der Waals surface area contributed by atoms with E-state index in [1.807, 2.05) is 12.1 Å². The number of amides is 1. The van der Waals surface area contributed by atoms with Crippen LogP contribution in [0.4, 0.5) is 15.9 Å². The number of anilines is 2. The van der Waals surface area contributed by atoms with Crippen molar-refractivity contribution >= 4 is 17.4 Å². The zero-order valence-corrected chi connectivity index (χ0v) is 17.1. The number of nitrogens with zero attached hydrogens (tertiary/aromatic N) is 5. The van der Waals surface area contributed by atoms with E-state index in [2.05, 4.69) is 15.3 Å². The Labute approximate surface area is 184 Å². The number of pyridine rings is 2. The maximum Gasteiger partial charge on any atom is 0.272 e. The Morgan fingerprint density at radius 2 is 1.88 bits per heavy atom. The quantitative estimate of drug-likeness (QED) is 0.531. The van der Waals surface area contributed by atoms with Gasteiger partial charge in [0.1, 0.15) is 17.3 Å². The lowest BCUT2D eigenvalue weighted by molar-refractivity contribution is 0.0728. The lowest BCUT2D eigenvalue weighted by Gasteiger charge is -2.29. The van der Waals surface area contributed by atoms with E-state index in [0.29, 0.717) is 42.5 Å². The number of halogens is 1. The molecule has 1 aliphatic heterocycles. The van der Waals surface area contributed by atoms with E-state index in [-0.39, 0.29) is 11.7 Å². The first-order chi connectivity index (χ1) is 15.7. The number of carbonyl (C=O) groups excluding carboxylic acids is 1. The van der Waals surface area contributed by atoms with Gasteiger partial charge in [0, 0.05) is 48.4 Å². The van der Waals surface area contributed by atoms with Gasteiger partial charge in [0.15, 0.2) is 5.82 Å². The van der Waals surface area contributed by atoms with Gasteiger partial charge < -0.3 is 10.2 Å². The van der Waals surface area contributed by atoms with Crippen molar-refractivity contribution in [3.05, 3.63) is 96.0 Å². The third kappa shape index (κ3) is 4.02. The van der Waals surface area contributed by atoms with E-state index in [9.17, 15) is 9.18 Å². The van der Waals surface area contributed by atoms with Gasteiger partial charge in [0.25, 0.3) is 5.91 Å². The van der Waals surface area contributed by atoms with Gasteiger partial charge >= 0.3 is 0 Å². The highest BCUT2D eigenvalue weighted by Gasteiger charge is 2.27. The summed E-state index contributed by atoms with van der Waals surface area (Å²) < 4.78 is 13.8. The highest BCUT2D eigenvalue weighted by Crippen LogP contribution is 2.30. The fourth-order valence-corrected chi connectivity index (χ4v) is 3.68. The Kier molecular flexibility index (Phi) is 5.25. The van der Waals surface area contributed by atoms with Crippen molar-refractivity contribution in [2.45, 2.75) is 13.0 Å². The summed E-state index contributed by atoms with van der Waals surface area (Å²) >= 11 is 0. The number of aromatic nitrogens is 4. The first-order valence-corrected chi connectivity index (χ1v) is 10.2. The number of fused-ring (bicyclic) bond motifs is 1. The zero-order chi connectivity index (χ0) is 21.9. The van der Waals surface area contributed by atoms with Crippen LogP contribution in [-0.4, -0.2) is 37.3 Å². The van der Waals surface area contributed by atoms with Crippen LogP contribution in [0.1, 0.15) is 21.7 Å². The molecule has 32 heavy (non-hydrogen) atoms. The summed E-state index contributed by atoms with van der Waals surface area (Å²) in [5.41, 5.74) is 3.46. The van der Waals surface area contributed by atoms with E-state index in [1.165, 1.54) is 12.1 Å². The van der Waals surface area contributed by atoms with Gasteiger partial charge in [-0.1, -0.05) is 12.1 Å². The molecule has 0 bridgehead atoms. The van der Waals surface area contributed by atoms with Crippen LogP contribution >= 0.6 is 0 Å². The highest BCUT2D eigenvalue weighted by atomic mass is 19.1. The first kappa shape index (κ1) is 19.7. The average Bonchev–Trinajstić information content (AvgIpc) is 2.84. The molecule has 0 saturated heterocycles. The summed E-state index contributed by atoms with van der Waals surface area (Å²) in [6.07, 6.45) is 5.55. The molecule has 1 aliphatic rings. The summed E-state index contributed by atoms with van der Waals surface area (Å²) in [5, 5.41) is 3.22. The average molecular weight is 426 g/mol. The van der Waals surface area contributed by atoms with Crippen molar-refractivity contribution in [1.29, 1.82) is 0 Å². The second kappa shape index (κ2) is 8.50. The maximum absolute atomic E-state index is 13.8. The van der Waals surface area contributed by atoms with Gasteiger partial charge in [-0.25, -0.2) is 14.4 Å². The molecular weight excluding hydrogens is 407 g/mol. The number of carbonyl (C=O) groups is 1. The van der Waals surface area contributed by atoms with Crippen LogP contribution in [0.25, 0.3) is 11.4 Å². The van der Waals surface area contributed by atoms with Crippen molar-refractivity contribution in [2.24, 2.45) is 0 Å². The largest absolute Gasteiger partial charge is 0.340 e. The standard InChI is InChI=1S/C24H19FN6O/c25-17-4-3-5-18(14-17)28-23-19-15-31(24(32)21-6-1-2-10-27-21)13-9-20(19)29-22(30-23)16-7-11-26-12-8-16/h1-8,10-12,14H,9,13,15H2,(H,28,29,30). The molecule has 7 nitrogen and oxygen atoms in total. The molecule has 8 heteroatoms. The number of nitrogens with one attached hydrogen (secondary N) is 1. The van der Waals surface area contributed by atoms with E-state index >= 15 is 0 Å². The van der Waals surface area contributed by atoms with Gasteiger partial charge in [0.05, 0.1) is 12.2 Å². The third-order valence-corrected chi connectivity index (χ3v) is 5.26. The van der Waals surface area contributed by atoms with Gasteiger partial charge in [0.2, 0.25) is 0 Å². The lowest BCUT2D eigenvalue weighted by atomic mass is 10.0. The van der Waals surface area contributed by atoms with Crippen molar-refractivity contribution in [3.63, 3.8) is 0 Å². The predicted octanol–water partition coefficient (Wildman–Crippen LogP) is 4.01. The van der Waals surface area contributed by atoms with Crippen molar-refractivity contribution in [3.8, 4) is 11.4 Å². The SMILES string of the molecule is O=C(c1ccccn1)N1CCc2nc(-c3ccncc3)nc(Nc3cccc(F)c3)c2C1. The summed E-state index contributed by atoms with van der Waals surface area (Å²) in [6, 6.07) is 15.1. The molecule has 1 amide bonds. The summed E-state index contributed by atoms with van der Waals surface area (Å²) in [4.78, 5) is 32.4. The Hall–Kier alpha value is -4.20. The summed E-state index contributed by atoms with van der Waals surface area (Å²) in [5.74, 6) is 0.603. The third-order valence-electron chi connectivity index (χ3n) is 5.26. The van der Waals surface area contributed by atoms with Gasteiger partial charge in [-0.3, -0.25) is 14.8 Å². The zero-order valence-electron chi connectivity index (χ0n) is 17.1. The van der Waals surface area contributed by atoms with Crippen LogP contribution < -0.4 is 5.32 Å². The molecule has 0 radical (unpaired) electrons. The Morgan fingerprint density at radius 1 is 1.00 bits per heavy atom. The number of hydrogen-bond donors (Lipinski definition) is 1. The lowest BCUT2D eigenvalue weighted by Crippen LogP contribution is -2.37. The minimum atomic E-state index is -0.348. The molecule has 1 N–H and O–H groups in total. The molecule has 1 aromatic carbocycles. The molecule has 3 aromatic heterocycles. The Balaban J connectivity index is 1.54. The maximum atomic E-state index is 13.8. The van der Waals surface area contributed by atoms with Crippen LogP contribution in [0.2, 0.25) is 0 Å². The van der Waals surface area contributed by atoms with Gasteiger partial charge in [-0.2, -0.15) is 0 Å². The van der Waals surface area contributed by atoms with Crippen LogP contribution in [-0.2, 0) is 13.0 Å². The first-order valence-electron chi connectivity index (χ1n) is 10.2. The fraction of sp³-hybridized carbons (Fsp3) is 0.125. The highest BCUT2D eigenvalue weighted by molar-refractivity contribution is 5.92. The molecule has 5 rings (SSSR count). The minimum Gasteiger partial charge on any atom is -0.340 e. The molecule has 4 heterocycles. The fourth-order valence-electron chi connectivity index (χ4n) is 3.68. The number of rotatable bonds is 4. The summed E-state index contributed by atoms with van der Waals surface area (Å²) in [6.45, 7) is 0.855. The molecule has 0 fully saturated rings. The monoisotopic (exact) mass is 426 g/mol. The normalized spacial score (nSPS) is 12.8. The van der Waals surface area contributed by atoms with Crippen molar-refractivity contribution in [1.82, 2.24) is 24.8 Å². The minimum absolute atomic E-state index is 0.147. The molecule has 0 aliphatic carbocycles. The molecule has 0 unspecified atom stereocenters. The molecular formula is C24H19FN6O. The topological polar surface area (TPSA) is 83.9 Å². The second-order valence-electron chi connectivity index (χ2n) is 7.38. The van der Waals surface area contributed by atoms with Crippen LogP contribution in [0.15, 0.2) is 73.2 Å². The van der Waals surface area contributed by atoms with Crippen molar-refractivity contribution < 1.29 is 9.18 Å². The molecule has 158 valence electrons. The van der Waals surface area contributed by atoms with E-state index in [4.69, 9.17) is 9.97 Å². The molecule has 0 spiro atoms. The van der Waals surface area contributed by atoms with Crippen molar-refractivity contribution in [2.75, 3.05) is 11.9 Å². The van der Waals surface area contributed by atoms with E-state index < -0.39 is 0 Å². The second-order valence-corrected chi connectivity index (χ2v) is 7.38. The van der Waals surface area contributed by atoms with Gasteiger partial charge in [-0.15, -0.1) is 0 Å². The number of hydrogen-bond acceptors (Lipinski definition) is 6. The molecule has 4 aromatic rings. The van der Waals surface area contributed by atoms with E-state index in [0.717, 1.165) is 16.8 Å². The smallest absolute Gasteiger partial charge is 0.272 e. The number of benzene rings is 1. The Morgan fingerprint density at radius 3 is 2.66 bits per heavy atom. The van der Waals surface area contributed by atoms with Gasteiger partial charge in [-0.05, 0) is 42.5 Å². The van der Waals surface area contributed by atoms with Crippen LogP contribution in [0.5, 0.6) is 0 Å². The van der Waals surface area contributed by atoms with Crippen LogP contribution in [0.3, 0.4) is 0 Å². The van der Waals surface area contributed by atoms with Crippen LogP contribution in [0, 0.1) is 5.82 Å². The molecule has 0 atom stereocenters. The summed E-state index contributed by atoms with van der Waals surface area (Å²) in [7, 11) is 0. The van der Waals surface area contributed by atoms with E-state index in [1.54, 1.807) is 53.8 Å².